The Kier molecular flexibility index (Phi) is 5.33. The van der Waals surface area contributed by atoms with Gasteiger partial charge >= 0.3 is 0 Å². The molecule has 0 radical (unpaired) electrons. The van der Waals surface area contributed by atoms with Gasteiger partial charge in [0.05, 0.1) is 12.6 Å². The summed E-state index contributed by atoms with van der Waals surface area (Å²) in [6, 6.07) is 7.08. The van der Waals surface area contributed by atoms with Crippen molar-refractivity contribution >= 4 is 34.6 Å². The Bertz CT molecular complexity index is 762. The van der Waals surface area contributed by atoms with Crippen LogP contribution >= 0.6 is 23.8 Å². The second kappa shape index (κ2) is 7.36. The average molecular weight is 429 g/mol. The first-order chi connectivity index (χ1) is 13.1. The zero-order chi connectivity index (χ0) is 20.1. The molecule has 1 unspecified atom stereocenters. The second-order valence-electron chi connectivity index (χ2n) is 8.07. The average Bonchev–Trinajstić information content (AvgIpc) is 3.18. The van der Waals surface area contributed by atoms with Gasteiger partial charge in [-0.2, -0.15) is 0 Å². The molecule has 28 heavy (non-hydrogen) atoms. The van der Waals surface area contributed by atoms with Gasteiger partial charge in [0.1, 0.15) is 18.3 Å². The van der Waals surface area contributed by atoms with Crippen LogP contribution in [0.1, 0.15) is 27.7 Å². The fourth-order valence-corrected chi connectivity index (χ4v) is 4.22. The van der Waals surface area contributed by atoms with Crippen molar-refractivity contribution in [1.82, 2.24) is 5.32 Å². The predicted octanol–water partition coefficient (Wildman–Crippen LogP) is 3.02. The number of benzene rings is 1. The first-order valence-electron chi connectivity index (χ1n) is 9.28. The summed E-state index contributed by atoms with van der Waals surface area (Å²) in [4.78, 5) is 0. The Hall–Kier alpha value is -1.00. The van der Waals surface area contributed by atoms with E-state index in [-0.39, 0.29) is 24.4 Å². The van der Waals surface area contributed by atoms with E-state index in [2.05, 4.69) is 10.6 Å². The van der Waals surface area contributed by atoms with Crippen LogP contribution in [0, 0.1) is 0 Å². The van der Waals surface area contributed by atoms with Crippen LogP contribution in [0.5, 0.6) is 0 Å². The highest BCUT2D eigenvalue weighted by molar-refractivity contribution is 7.80. The van der Waals surface area contributed by atoms with E-state index in [0.717, 1.165) is 5.69 Å². The maximum atomic E-state index is 6.16. The van der Waals surface area contributed by atoms with Gasteiger partial charge in [-0.25, -0.2) is 0 Å². The van der Waals surface area contributed by atoms with Gasteiger partial charge in [-0.15, -0.1) is 0 Å². The summed E-state index contributed by atoms with van der Waals surface area (Å²) in [7, 11) is 0. The van der Waals surface area contributed by atoms with Gasteiger partial charge < -0.3 is 34.3 Å². The fraction of sp³-hybridized carbons (Fsp3) is 0.632. The third kappa shape index (κ3) is 4.28. The Morgan fingerprint density at radius 2 is 1.89 bits per heavy atom. The molecule has 3 saturated heterocycles. The van der Waals surface area contributed by atoms with Gasteiger partial charge in [0.2, 0.25) is 0 Å². The molecule has 3 heterocycles. The Balaban J connectivity index is 1.49. The van der Waals surface area contributed by atoms with Gasteiger partial charge in [0, 0.05) is 10.7 Å². The highest BCUT2D eigenvalue weighted by atomic mass is 35.5. The first-order valence-corrected chi connectivity index (χ1v) is 10.1. The topological polar surface area (TPSA) is 70.2 Å². The van der Waals surface area contributed by atoms with Crippen molar-refractivity contribution in [3.05, 3.63) is 29.3 Å². The van der Waals surface area contributed by atoms with Crippen molar-refractivity contribution in [1.29, 1.82) is 0 Å². The van der Waals surface area contributed by atoms with Crippen LogP contribution in [0.25, 0.3) is 0 Å². The van der Waals surface area contributed by atoms with E-state index in [1.54, 1.807) is 12.1 Å². The van der Waals surface area contributed by atoms with Crippen LogP contribution in [-0.4, -0.2) is 53.9 Å². The van der Waals surface area contributed by atoms with Crippen LogP contribution in [0.4, 0.5) is 5.69 Å². The largest absolute Gasteiger partial charge is 0.354 e. The molecule has 7 nitrogen and oxygen atoms in total. The lowest BCUT2D eigenvalue weighted by Crippen LogP contribution is -2.53. The lowest BCUT2D eigenvalue weighted by molar-refractivity contribution is -0.223. The van der Waals surface area contributed by atoms with Gasteiger partial charge in [0.25, 0.3) is 0 Å². The fourth-order valence-electron chi connectivity index (χ4n) is 3.78. The number of rotatable bonds is 3. The summed E-state index contributed by atoms with van der Waals surface area (Å²) in [6.45, 7) is 7.91. The zero-order valence-corrected chi connectivity index (χ0v) is 17.8. The zero-order valence-electron chi connectivity index (χ0n) is 16.2. The molecule has 0 amide bonds. The summed E-state index contributed by atoms with van der Waals surface area (Å²) >= 11 is 11.6. The third-order valence-corrected chi connectivity index (χ3v) is 5.32. The maximum Gasteiger partial charge on any atom is 0.189 e. The number of anilines is 1. The molecule has 9 heteroatoms. The van der Waals surface area contributed by atoms with Crippen LogP contribution < -0.4 is 10.6 Å². The molecule has 0 bridgehead atoms. The van der Waals surface area contributed by atoms with Gasteiger partial charge in [0.15, 0.2) is 23.0 Å². The van der Waals surface area contributed by atoms with Crippen molar-refractivity contribution in [2.75, 3.05) is 11.9 Å². The van der Waals surface area contributed by atoms with Gasteiger partial charge in [-0.3, -0.25) is 0 Å². The Morgan fingerprint density at radius 3 is 2.57 bits per heavy atom. The van der Waals surface area contributed by atoms with Crippen molar-refractivity contribution < 1.29 is 23.7 Å². The normalized spacial score (nSPS) is 35.5. The molecule has 5 atom stereocenters. The minimum Gasteiger partial charge on any atom is -0.354 e. The van der Waals surface area contributed by atoms with Crippen LogP contribution in [0.15, 0.2) is 24.3 Å². The van der Waals surface area contributed by atoms with E-state index in [0.29, 0.717) is 16.7 Å². The number of halogens is 1. The number of nitrogens with one attached hydrogen (secondary N) is 2. The molecule has 0 aliphatic carbocycles. The highest BCUT2D eigenvalue weighted by Crippen LogP contribution is 2.40. The summed E-state index contributed by atoms with van der Waals surface area (Å²) in [5, 5.41) is 7.54. The minimum absolute atomic E-state index is 0.262. The van der Waals surface area contributed by atoms with Crippen LogP contribution in [0.2, 0.25) is 5.02 Å². The molecule has 3 aliphatic heterocycles. The second-order valence-corrected chi connectivity index (χ2v) is 8.92. The Labute approximate surface area is 174 Å². The molecular weight excluding hydrogens is 404 g/mol. The monoisotopic (exact) mass is 428 g/mol. The van der Waals surface area contributed by atoms with Crippen molar-refractivity contribution in [3.8, 4) is 0 Å². The lowest BCUT2D eigenvalue weighted by atomic mass is 10.0. The molecule has 3 fully saturated rings. The number of fused-ring (bicyclic) bond motifs is 1. The Morgan fingerprint density at radius 1 is 1.11 bits per heavy atom. The van der Waals surface area contributed by atoms with E-state index in [4.69, 9.17) is 47.5 Å². The van der Waals surface area contributed by atoms with E-state index in [1.165, 1.54) is 0 Å². The molecule has 1 aromatic carbocycles. The summed E-state index contributed by atoms with van der Waals surface area (Å²) in [5.74, 6) is -1.38. The van der Waals surface area contributed by atoms with Crippen molar-refractivity contribution in [2.24, 2.45) is 0 Å². The van der Waals surface area contributed by atoms with Gasteiger partial charge in [-0.1, -0.05) is 17.7 Å². The number of ether oxygens (including phenoxy) is 5. The smallest absolute Gasteiger partial charge is 0.189 e. The summed E-state index contributed by atoms with van der Waals surface area (Å²) in [5.41, 5.74) is 0.794. The van der Waals surface area contributed by atoms with E-state index in [1.807, 2.05) is 39.8 Å². The molecule has 0 aromatic heterocycles. The molecule has 3 aliphatic rings. The third-order valence-electron chi connectivity index (χ3n) is 4.86. The number of hydrogen-bond acceptors (Lipinski definition) is 6. The number of thiocarbonyl (C=S) groups is 1. The van der Waals surface area contributed by atoms with Gasteiger partial charge in [-0.05, 0) is 58.1 Å². The predicted molar refractivity (Wildman–Crippen MR) is 108 cm³/mol. The minimum atomic E-state index is -0.728. The molecular formula is C19H25ClN2O5S. The molecule has 2 N–H and O–H groups in total. The lowest BCUT2D eigenvalue weighted by Gasteiger charge is -2.30. The molecule has 154 valence electrons. The van der Waals surface area contributed by atoms with E-state index in [9.17, 15) is 0 Å². The molecule has 1 aromatic rings. The molecule has 4 rings (SSSR count). The van der Waals surface area contributed by atoms with Crippen molar-refractivity contribution in [3.63, 3.8) is 0 Å². The first kappa shape index (κ1) is 20.3. The van der Waals surface area contributed by atoms with E-state index < -0.39 is 17.9 Å². The maximum absolute atomic E-state index is 6.16. The quantitative estimate of drug-likeness (QED) is 0.712. The molecule has 0 saturated carbocycles. The van der Waals surface area contributed by atoms with Crippen molar-refractivity contribution in [2.45, 2.75) is 69.9 Å². The van der Waals surface area contributed by atoms with E-state index >= 15 is 0 Å². The molecule has 0 spiro atoms. The standard InChI is InChI=1S/C19H25ClN2O5S/c1-18(2)23-9-12(25-18)14-13(15-16(24-14)27-19(3,4)26-15)22-17(28)21-11-7-5-6-10(20)8-11/h5-8,12-16H,9H2,1-4H3,(H2,21,22,28)/t12?,13-,14-,15-,16-/m1/s1. The summed E-state index contributed by atoms with van der Waals surface area (Å²) < 4.78 is 29.9. The highest BCUT2D eigenvalue weighted by Gasteiger charge is 2.58. The van der Waals surface area contributed by atoms with Crippen LogP contribution in [-0.2, 0) is 23.7 Å². The number of hydrogen-bond donors (Lipinski definition) is 2. The van der Waals surface area contributed by atoms with Crippen LogP contribution in [0.3, 0.4) is 0 Å². The summed E-state index contributed by atoms with van der Waals surface area (Å²) in [6.07, 6.45) is -1.43. The SMILES string of the molecule is CC1(C)OCC([C@H]2O[C@@H]3OC(C)(C)O[C@@H]3[C@@H]2NC(=S)Nc2cccc(Cl)c2)O1.